The molecule has 0 spiro atoms. The quantitative estimate of drug-likeness (QED) is 0.857. The number of carbonyl (C=O) groups is 1. The van der Waals surface area contributed by atoms with Crippen molar-refractivity contribution in [2.75, 3.05) is 13.2 Å². The van der Waals surface area contributed by atoms with E-state index in [2.05, 4.69) is 5.32 Å². The van der Waals surface area contributed by atoms with Crippen molar-refractivity contribution in [3.63, 3.8) is 0 Å². The second kappa shape index (κ2) is 7.09. The Kier molecular flexibility index (Phi) is 5.17. The summed E-state index contributed by atoms with van der Waals surface area (Å²) in [6.07, 6.45) is 0.697. The van der Waals surface area contributed by atoms with E-state index in [0.29, 0.717) is 18.7 Å². The van der Waals surface area contributed by atoms with E-state index in [1.165, 1.54) is 0 Å². The van der Waals surface area contributed by atoms with Gasteiger partial charge in [0.05, 0.1) is 0 Å². The molecule has 1 heterocycles. The van der Waals surface area contributed by atoms with Gasteiger partial charge in [0.1, 0.15) is 5.69 Å². The summed E-state index contributed by atoms with van der Waals surface area (Å²) in [6.45, 7) is 2.74. The molecule has 0 saturated carbocycles. The summed E-state index contributed by atoms with van der Waals surface area (Å²) in [5, 5.41) is 11.8. The third kappa shape index (κ3) is 3.73. The van der Waals surface area contributed by atoms with Crippen molar-refractivity contribution >= 4 is 5.91 Å². The Labute approximate surface area is 125 Å². The van der Waals surface area contributed by atoms with Crippen molar-refractivity contribution < 1.29 is 9.90 Å². The van der Waals surface area contributed by atoms with E-state index in [1.54, 1.807) is 0 Å². The van der Waals surface area contributed by atoms with Gasteiger partial charge in [0, 0.05) is 25.9 Å². The first-order valence-electron chi connectivity index (χ1n) is 7.23. The van der Waals surface area contributed by atoms with E-state index >= 15 is 0 Å². The van der Waals surface area contributed by atoms with Gasteiger partial charge in [-0.1, -0.05) is 37.3 Å². The molecule has 4 nitrogen and oxygen atoms in total. The number of nitrogens with zero attached hydrogens (tertiary/aromatic N) is 1. The number of hydrogen-bond acceptors (Lipinski definition) is 2. The average molecular weight is 286 g/mol. The van der Waals surface area contributed by atoms with Crippen molar-refractivity contribution in [2.24, 2.45) is 13.0 Å². The second-order valence-electron chi connectivity index (χ2n) is 5.36. The highest BCUT2D eigenvalue weighted by Crippen LogP contribution is 2.21. The lowest BCUT2D eigenvalue weighted by Gasteiger charge is -2.12. The van der Waals surface area contributed by atoms with Gasteiger partial charge in [-0.15, -0.1) is 0 Å². The van der Waals surface area contributed by atoms with Crippen LogP contribution in [0.15, 0.2) is 42.5 Å². The van der Waals surface area contributed by atoms with Gasteiger partial charge < -0.3 is 15.0 Å². The van der Waals surface area contributed by atoms with Crippen LogP contribution >= 0.6 is 0 Å². The lowest BCUT2D eigenvalue weighted by Crippen LogP contribution is -2.30. The number of benzene rings is 1. The molecule has 0 aliphatic rings. The van der Waals surface area contributed by atoms with E-state index in [-0.39, 0.29) is 18.4 Å². The zero-order valence-electron chi connectivity index (χ0n) is 12.5. The summed E-state index contributed by atoms with van der Waals surface area (Å²) in [4.78, 5) is 12.2. The molecule has 0 aliphatic carbocycles. The molecule has 2 rings (SSSR count). The minimum absolute atomic E-state index is 0.0792. The van der Waals surface area contributed by atoms with E-state index in [4.69, 9.17) is 5.11 Å². The number of carbonyl (C=O) groups excluding carboxylic acids is 1. The molecule has 21 heavy (non-hydrogen) atoms. The Morgan fingerprint density at radius 3 is 2.62 bits per heavy atom. The van der Waals surface area contributed by atoms with Crippen LogP contribution in [0, 0.1) is 5.92 Å². The topological polar surface area (TPSA) is 54.3 Å². The van der Waals surface area contributed by atoms with E-state index in [9.17, 15) is 4.79 Å². The molecule has 2 N–H and O–H groups in total. The van der Waals surface area contributed by atoms with Crippen LogP contribution in [0.5, 0.6) is 0 Å². The third-order valence-electron chi connectivity index (χ3n) is 3.66. The van der Waals surface area contributed by atoms with Crippen LogP contribution < -0.4 is 5.32 Å². The largest absolute Gasteiger partial charge is 0.396 e. The van der Waals surface area contributed by atoms with Crippen molar-refractivity contribution in [1.29, 1.82) is 0 Å². The lowest BCUT2D eigenvalue weighted by atomic mass is 10.1. The monoisotopic (exact) mass is 286 g/mol. The highest BCUT2D eigenvalue weighted by molar-refractivity contribution is 5.93. The van der Waals surface area contributed by atoms with Gasteiger partial charge in [-0.2, -0.15) is 0 Å². The first kappa shape index (κ1) is 15.3. The highest BCUT2D eigenvalue weighted by atomic mass is 16.3. The zero-order chi connectivity index (χ0) is 15.2. The standard InChI is InChI=1S/C17H22N2O2/c1-13(10-11-20)12-18-17(21)16-9-8-15(19(16)2)14-6-4-3-5-7-14/h3-9,13,20H,10-12H2,1-2H3,(H,18,21). The molecule has 0 fully saturated rings. The summed E-state index contributed by atoms with van der Waals surface area (Å²) >= 11 is 0. The van der Waals surface area contributed by atoms with Gasteiger partial charge in [0.25, 0.3) is 5.91 Å². The molecule has 4 heteroatoms. The number of aliphatic hydroxyl groups is 1. The summed E-state index contributed by atoms with van der Waals surface area (Å²) in [5.74, 6) is 0.192. The van der Waals surface area contributed by atoms with Gasteiger partial charge in [0.2, 0.25) is 0 Å². The average Bonchev–Trinajstić information content (AvgIpc) is 2.88. The molecule has 1 aromatic heterocycles. The predicted octanol–water partition coefficient (Wildman–Crippen LogP) is 2.44. The number of nitrogens with one attached hydrogen (secondary N) is 1. The molecule has 1 aromatic carbocycles. The van der Waals surface area contributed by atoms with Crippen molar-refractivity contribution in [3.8, 4) is 11.3 Å². The van der Waals surface area contributed by atoms with Crippen LogP contribution in [-0.2, 0) is 7.05 Å². The van der Waals surface area contributed by atoms with Crippen LogP contribution in [0.3, 0.4) is 0 Å². The lowest BCUT2D eigenvalue weighted by molar-refractivity contribution is 0.0937. The number of aliphatic hydroxyl groups excluding tert-OH is 1. The maximum atomic E-state index is 12.2. The normalized spacial score (nSPS) is 12.1. The van der Waals surface area contributed by atoms with Gasteiger partial charge in [-0.3, -0.25) is 4.79 Å². The van der Waals surface area contributed by atoms with E-state index < -0.39 is 0 Å². The van der Waals surface area contributed by atoms with E-state index in [1.807, 2.05) is 61.0 Å². The summed E-state index contributed by atoms with van der Waals surface area (Å²) < 4.78 is 1.90. The first-order chi connectivity index (χ1) is 10.1. The van der Waals surface area contributed by atoms with Gasteiger partial charge >= 0.3 is 0 Å². The molecule has 0 bridgehead atoms. The van der Waals surface area contributed by atoms with Crippen molar-refractivity contribution in [1.82, 2.24) is 9.88 Å². The molecule has 0 saturated heterocycles. The number of rotatable bonds is 6. The fraction of sp³-hybridized carbons (Fsp3) is 0.353. The Bertz CT molecular complexity index is 590. The smallest absolute Gasteiger partial charge is 0.267 e. The Hall–Kier alpha value is -2.07. The minimum Gasteiger partial charge on any atom is -0.396 e. The molecule has 112 valence electrons. The minimum atomic E-state index is -0.0792. The molecule has 2 aromatic rings. The second-order valence-corrected chi connectivity index (χ2v) is 5.36. The van der Waals surface area contributed by atoms with E-state index in [0.717, 1.165) is 11.3 Å². The number of aromatic nitrogens is 1. The highest BCUT2D eigenvalue weighted by Gasteiger charge is 2.14. The first-order valence-corrected chi connectivity index (χ1v) is 7.23. The Morgan fingerprint density at radius 1 is 1.24 bits per heavy atom. The van der Waals surface area contributed by atoms with Crippen molar-refractivity contribution in [2.45, 2.75) is 13.3 Å². The Balaban J connectivity index is 2.08. The van der Waals surface area contributed by atoms with Crippen LogP contribution in [0.2, 0.25) is 0 Å². The number of amides is 1. The van der Waals surface area contributed by atoms with Crippen LogP contribution in [0.25, 0.3) is 11.3 Å². The Morgan fingerprint density at radius 2 is 1.95 bits per heavy atom. The molecule has 1 unspecified atom stereocenters. The maximum absolute atomic E-state index is 12.2. The maximum Gasteiger partial charge on any atom is 0.267 e. The van der Waals surface area contributed by atoms with Gasteiger partial charge in [-0.25, -0.2) is 0 Å². The predicted molar refractivity (Wildman–Crippen MR) is 84.0 cm³/mol. The summed E-state index contributed by atoms with van der Waals surface area (Å²) in [7, 11) is 1.90. The van der Waals surface area contributed by atoms with Gasteiger partial charge in [0.15, 0.2) is 0 Å². The van der Waals surface area contributed by atoms with Crippen LogP contribution in [0.1, 0.15) is 23.8 Å². The zero-order valence-corrected chi connectivity index (χ0v) is 12.5. The third-order valence-corrected chi connectivity index (χ3v) is 3.66. The van der Waals surface area contributed by atoms with Gasteiger partial charge in [-0.05, 0) is 30.0 Å². The molecular formula is C17H22N2O2. The molecular weight excluding hydrogens is 264 g/mol. The molecule has 0 aliphatic heterocycles. The molecule has 0 radical (unpaired) electrons. The molecule has 1 amide bonds. The number of hydrogen-bond donors (Lipinski definition) is 2. The van der Waals surface area contributed by atoms with Crippen LogP contribution in [-0.4, -0.2) is 28.7 Å². The fourth-order valence-corrected chi connectivity index (χ4v) is 2.32. The van der Waals surface area contributed by atoms with Crippen LogP contribution in [0.4, 0.5) is 0 Å². The molecule has 1 atom stereocenters. The SMILES string of the molecule is CC(CCO)CNC(=O)c1ccc(-c2ccccc2)n1C. The summed E-state index contributed by atoms with van der Waals surface area (Å²) in [5.41, 5.74) is 2.75. The van der Waals surface area contributed by atoms with Crippen molar-refractivity contribution in [3.05, 3.63) is 48.2 Å². The summed E-state index contributed by atoms with van der Waals surface area (Å²) in [6, 6.07) is 13.8. The fourth-order valence-electron chi connectivity index (χ4n) is 2.32.